The molecule has 2 aromatic heterocycles. The zero-order chi connectivity index (χ0) is 11.4. The average Bonchev–Trinajstić information content (AvgIpc) is 2.34. The Morgan fingerprint density at radius 2 is 2.06 bits per heavy atom. The monoisotopic (exact) mass is 214 g/mol. The van der Waals surface area contributed by atoms with E-state index in [0.29, 0.717) is 0 Å². The van der Waals surface area contributed by atoms with E-state index in [4.69, 9.17) is 0 Å². The van der Waals surface area contributed by atoms with Crippen LogP contribution in [0.4, 0.5) is 0 Å². The van der Waals surface area contributed by atoms with Gasteiger partial charge in [-0.3, -0.25) is 15.0 Å². The quantitative estimate of drug-likeness (QED) is 0.841. The molecule has 1 N–H and O–H groups in total. The summed E-state index contributed by atoms with van der Waals surface area (Å²) in [7, 11) is 1.91. The predicted molar refractivity (Wildman–Crippen MR) is 61.9 cm³/mol. The van der Waals surface area contributed by atoms with Crippen molar-refractivity contribution in [2.45, 2.75) is 13.0 Å². The van der Waals surface area contributed by atoms with Crippen LogP contribution in [-0.4, -0.2) is 22.0 Å². The minimum absolute atomic E-state index is 0.0439. The average molecular weight is 214 g/mol. The molecule has 82 valence electrons. The maximum absolute atomic E-state index is 4.31. The lowest BCUT2D eigenvalue weighted by molar-refractivity contribution is 0.659. The standard InChI is InChI=1S/C12H14N4/c1-9-10(4-3-5-15-9)12(13-2)11-8-14-6-7-16-11/h3-8,12-13H,1-2H3. The normalized spacial score (nSPS) is 12.4. The Morgan fingerprint density at radius 1 is 1.19 bits per heavy atom. The summed E-state index contributed by atoms with van der Waals surface area (Å²) in [5.74, 6) is 0. The first-order chi connectivity index (χ1) is 7.83. The summed E-state index contributed by atoms with van der Waals surface area (Å²) in [6.45, 7) is 2.00. The molecule has 0 radical (unpaired) electrons. The van der Waals surface area contributed by atoms with E-state index in [2.05, 4.69) is 26.3 Å². The molecular formula is C12H14N4. The van der Waals surface area contributed by atoms with Crippen LogP contribution in [0.3, 0.4) is 0 Å². The Hall–Kier alpha value is -1.81. The van der Waals surface area contributed by atoms with Crippen LogP contribution >= 0.6 is 0 Å². The lowest BCUT2D eigenvalue weighted by atomic mass is 10.0. The van der Waals surface area contributed by atoms with Crippen LogP contribution in [0.15, 0.2) is 36.9 Å². The van der Waals surface area contributed by atoms with Crippen molar-refractivity contribution in [3.8, 4) is 0 Å². The Morgan fingerprint density at radius 3 is 2.69 bits per heavy atom. The van der Waals surface area contributed by atoms with Gasteiger partial charge in [0, 0.05) is 24.3 Å². The van der Waals surface area contributed by atoms with Gasteiger partial charge in [-0.1, -0.05) is 6.07 Å². The molecule has 0 bridgehead atoms. The summed E-state index contributed by atoms with van der Waals surface area (Å²) in [5, 5.41) is 3.23. The molecule has 16 heavy (non-hydrogen) atoms. The zero-order valence-corrected chi connectivity index (χ0v) is 9.38. The van der Waals surface area contributed by atoms with Crippen molar-refractivity contribution in [3.63, 3.8) is 0 Å². The van der Waals surface area contributed by atoms with E-state index in [1.165, 1.54) is 0 Å². The number of aryl methyl sites for hydroxylation is 1. The second-order valence-electron chi connectivity index (χ2n) is 3.53. The zero-order valence-electron chi connectivity index (χ0n) is 9.38. The number of hydrogen-bond donors (Lipinski definition) is 1. The maximum Gasteiger partial charge on any atom is 0.0802 e. The summed E-state index contributed by atoms with van der Waals surface area (Å²) in [4.78, 5) is 12.7. The number of nitrogens with one attached hydrogen (secondary N) is 1. The van der Waals surface area contributed by atoms with Crippen LogP contribution in [0.2, 0.25) is 0 Å². The Labute approximate surface area is 94.8 Å². The van der Waals surface area contributed by atoms with Gasteiger partial charge < -0.3 is 5.32 Å². The van der Waals surface area contributed by atoms with Gasteiger partial charge in [-0.25, -0.2) is 0 Å². The highest BCUT2D eigenvalue weighted by Crippen LogP contribution is 2.20. The van der Waals surface area contributed by atoms with Crippen molar-refractivity contribution >= 4 is 0 Å². The molecule has 2 aromatic rings. The van der Waals surface area contributed by atoms with Crippen molar-refractivity contribution in [2.24, 2.45) is 0 Å². The van der Waals surface area contributed by atoms with Crippen LogP contribution in [-0.2, 0) is 0 Å². The highest BCUT2D eigenvalue weighted by atomic mass is 14.9. The molecule has 4 heteroatoms. The molecule has 2 heterocycles. The molecule has 0 aliphatic heterocycles. The minimum Gasteiger partial charge on any atom is -0.308 e. The fourth-order valence-electron chi connectivity index (χ4n) is 1.72. The van der Waals surface area contributed by atoms with E-state index < -0.39 is 0 Å². The van der Waals surface area contributed by atoms with Gasteiger partial charge in [-0.2, -0.15) is 0 Å². The fourth-order valence-corrected chi connectivity index (χ4v) is 1.72. The van der Waals surface area contributed by atoms with Gasteiger partial charge in [0.05, 0.1) is 17.9 Å². The lowest BCUT2D eigenvalue weighted by Gasteiger charge is -2.16. The van der Waals surface area contributed by atoms with Gasteiger partial charge in [0.1, 0.15) is 0 Å². The van der Waals surface area contributed by atoms with Crippen LogP contribution in [0, 0.1) is 6.92 Å². The fraction of sp³-hybridized carbons (Fsp3) is 0.250. The van der Waals surface area contributed by atoms with Crippen molar-refractivity contribution in [1.82, 2.24) is 20.3 Å². The third-order valence-electron chi connectivity index (χ3n) is 2.53. The highest BCUT2D eigenvalue weighted by molar-refractivity contribution is 5.29. The lowest BCUT2D eigenvalue weighted by Crippen LogP contribution is -2.20. The molecule has 0 amide bonds. The molecular weight excluding hydrogens is 200 g/mol. The number of nitrogens with zero attached hydrogens (tertiary/aromatic N) is 3. The number of rotatable bonds is 3. The van der Waals surface area contributed by atoms with Gasteiger partial charge in [-0.15, -0.1) is 0 Å². The Kier molecular flexibility index (Phi) is 3.22. The second kappa shape index (κ2) is 4.81. The van der Waals surface area contributed by atoms with Gasteiger partial charge in [0.15, 0.2) is 0 Å². The van der Waals surface area contributed by atoms with Gasteiger partial charge in [-0.05, 0) is 25.6 Å². The predicted octanol–water partition coefficient (Wildman–Crippen LogP) is 1.49. The topological polar surface area (TPSA) is 50.7 Å². The van der Waals surface area contributed by atoms with Crippen molar-refractivity contribution in [3.05, 3.63) is 53.9 Å². The van der Waals surface area contributed by atoms with E-state index in [9.17, 15) is 0 Å². The molecule has 0 saturated carbocycles. The molecule has 0 aliphatic carbocycles. The molecule has 0 aliphatic rings. The van der Waals surface area contributed by atoms with E-state index in [0.717, 1.165) is 17.0 Å². The van der Waals surface area contributed by atoms with Crippen LogP contribution < -0.4 is 5.32 Å². The van der Waals surface area contributed by atoms with Crippen LogP contribution in [0.25, 0.3) is 0 Å². The van der Waals surface area contributed by atoms with E-state index in [-0.39, 0.29) is 6.04 Å². The minimum atomic E-state index is 0.0439. The number of pyridine rings is 1. The first-order valence-electron chi connectivity index (χ1n) is 5.17. The summed E-state index contributed by atoms with van der Waals surface area (Å²) in [5.41, 5.74) is 3.04. The van der Waals surface area contributed by atoms with Gasteiger partial charge in [0.2, 0.25) is 0 Å². The molecule has 4 nitrogen and oxygen atoms in total. The van der Waals surface area contributed by atoms with Crippen molar-refractivity contribution in [1.29, 1.82) is 0 Å². The second-order valence-corrected chi connectivity index (χ2v) is 3.53. The molecule has 1 unspecified atom stereocenters. The third kappa shape index (κ3) is 2.06. The molecule has 2 rings (SSSR count). The number of aromatic nitrogens is 3. The Bertz CT molecular complexity index is 456. The van der Waals surface area contributed by atoms with E-state index in [1.807, 2.05) is 20.0 Å². The smallest absolute Gasteiger partial charge is 0.0802 e. The van der Waals surface area contributed by atoms with Crippen molar-refractivity contribution < 1.29 is 0 Å². The third-order valence-corrected chi connectivity index (χ3v) is 2.53. The summed E-state index contributed by atoms with van der Waals surface area (Å²) >= 11 is 0. The molecule has 0 saturated heterocycles. The highest BCUT2D eigenvalue weighted by Gasteiger charge is 2.15. The Balaban J connectivity index is 2.41. The van der Waals surface area contributed by atoms with E-state index in [1.54, 1.807) is 24.8 Å². The first kappa shape index (κ1) is 10.7. The molecule has 0 fully saturated rings. The molecule has 1 atom stereocenters. The molecule has 0 aromatic carbocycles. The SMILES string of the molecule is CNC(c1cnccn1)c1cccnc1C. The van der Waals surface area contributed by atoms with E-state index >= 15 is 0 Å². The summed E-state index contributed by atoms with van der Waals surface area (Å²) < 4.78 is 0. The molecule has 0 spiro atoms. The largest absolute Gasteiger partial charge is 0.308 e. The first-order valence-corrected chi connectivity index (χ1v) is 5.17. The van der Waals surface area contributed by atoms with Crippen molar-refractivity contribution in [2.75, 3.05) is 7.05 Å². The van der Waals surface area contributed by atoms with Gasteiger partial charge in [0.25, 0.3) is 0 Å². The maximum atomic E-state index is 4.31. The van der Waals surface area contributed by atoms with Crippen LogP contribution in [0.5, 0.6) is 0 Å². The summed E-state index contributed by atoms with van der Waals surface area (Å²) in [6.07, 6.45) is 6.94. The van der Waals surface area contributed by atoms with Crippen LogP contribution in [0.1, 0.15) is 23.0 Å². The van der Waals surface area contributed by atoms with Gasteiger partial charge >= 0.3 is 0 Å². The summed E-state index contributed by atoms with van der Waals surface area (Å²) in [6, 6.07) is 4.03. The number of hydrogen-bond acceptors (Lipinski definition) is 4.